The van der Waals surface area contributed by atoms with E-state index in [1.54, 1.807) is 0 Å². The van der Waals surface area contributed by atoms with E-state index in [-0.39, 0.29) is 11.9 Å². The standard InChI is InChI=1S/C23H29NO2/c1-5-21(26-22-11-6-8-15(2)16(22)3)23(25)24-17(4)19-13-12-18-9-7-10-20(18)14-19/h6,8,11-14,17,21H,5,7,9-10H2,1-4H3,(H,24,25). The summed E-state index contributed by atoms with van der Waals surface area (Å²) in [7, 11) is 0. The van der Waals surface area contributed by atoms with E-state index < -0.39 is 6.10 Å². The Morgan fingerprint density at radius 2 is 1.92 bits per heavy atom. The topological polar surface area (TPSA) is 38.3 Å². The summed E-state index contributed by atoms with van der Waals surface area (Å²) >= 11 is 0. The van der Waals surface area contributed by atoms with Crippen molar-refractivity contribution in [2.75, 3.05) is 0 Å². The Bertz CT molecular complexity index is 797. The van der Waals surface area contributed by atoms with Crippen molar-refractivity contribution in [3.8, 4) is 5.75 Å². The molecule has 3 heteroatoms. The molecule has 3 nitrogen and oxygen atoms in total. The predicted molar refractivity (Wildman–Crippen MR) is 106 cm³/mol. The van der Waals surface area contributed by atoms with E-state index in [0.717, 1.165) is 17.7 Å². The zero-order valence-electron chi connectivity index (χ0n) is 16.3. The molecule has 3 rings (SSSR count). The van der Waals surface area contributed by atoms with Crippen LogP contribution in [0.5, 0.6) is 5.75 Å². The highest BCUT2D eigenvalue weighted by Crippen LogP contribution is 2.26. The third-order valence-electron chi connectivity index (χ3n) is 5.47. The molecule has 0 fully saturated rings. The van der Waals surface area contributed by atoms with Crippen molar-refractivity contribution >= 4 is 5.91 Å². The minimum atomic E-state index is -0.479. The first-order valence-electron chi connectivity index (χ1n) is 9.64. The number of fused-ring (bicyclic) bond motifs is 1. The van der Waals surface area contributed by atoms with Crippen LogP contribution in [0.4, 0.5) is 0 Å². The minimum absolute atomic E-state index is 0.0235. The summed E-state index contributed by atoms with van der Waals surface area (Å²) in [6.45, 7) is 8.11. The van der Waals surface area contributed by atoms with Gasteiger partial charge in [0.2, 0.25) is 0 Å². The van der Waals surface area contributed by atoms with E-state index in [1.165, 1.54) is 35.1 Å². The van der Waals surface area contributed by atoms with Gasteiger partial charge in [-0.3, -0.25) is 4.79 Å². The number of carbonyl (C=O) groups excluding carboxylic acids is 1. The van der Waals surface area contributed by atoms with Crippen LogP contribution in [0.1, 0.15) is 60.5 Å². The van der Waals surface area contributed by atoms with Gasteiger partial charge in [0.15, 0.2) is 6.10 Å². The molecule has 0 aliphatic heterocycles. The van der Waals surface area contributed by atoms with Gasteiger partial charge < -0.3 is 10.1 Å². The fraction of sp³-hybridized carbons (Fsp3) is 0.435. The molecule has 0 aromatic heterocycles. The molecule has 1 aliphatic carbocycles. The van der Waals surface area contributed by atoms with Crippen LogP contribution in [0.15, 0.2) is 36.4 Å². The zero-order chi connectivity index (χ0) is 18.7. The van der Waals surface area contributed by atoms with Gasteiger partial charge in [0.1, 0.15) is 5.75 Å². The number of carbonyl (C=O) groups is 1. The molecule has 0 saturated carbocycles. The first-order chi connectivity index (χ1) is 12.5. The lowest BCUT2D eigenvalue weighted by molar-refractivity contribution is -0.128. The molecule has 1 aliphatic rings. The average molecular weight is 351 g/mol. The number of nitrogens with one attached hydrogen (secondary N) is 1. The van der Waals surface area contributed by atoms with Gasteiger partial charge in [-0.25, -0.2) is 0 Å². The molecule has 2 atom stereocenters. The van der Waals surface area contributed by atoms with Gasteiger partial charge in [-0.2, -0.15) is 0 Å². The van der Waals surface area contributed by atoms with E-state index in [4.69, 9.17) is 4.74 Å². The van der Waals surface area contributed by atoms with Crippen molar-refractivity contribution in [3.63, 3.8) is 0 Å². The summed E-state index contributed by atoms with van der Waals surface area (Å²) in [5, 5.41) is 3.13. The molecule has 0 heterocycles. The quantitative estimate of drug-likeness (QED) is 0.810. The van der Waals surface area contributed by atoms with Gasteiger partial charge in [-0.05, 0) is 80.3 Å². The number of hydrogen-bond donors (Lipinski definition) is 1. The minimum Gasteiger partial charge on any atom is -0.480 e. The summed E-state index contributed by atoms with van der Waals surface area (Å²) in [6.07, 6.45) is 3.72. The van der Waals surface area contributed by atoms with Crippen LogP contribution in [0, 0.1) is 13.8 Å². The Kier molecular flexibility index (Phi) is 5.65. The van der Waals surface area contributed by atoms with Gasteiger partial charge in [0, 0.05) is 0 Å². The van der Waals surface area contributed by atoms with Crippen molar-refractivity contribution in [1.29, 1.82) is 0 Å². The van der Waals surface area contributed by atoms with E-state index in [9.17, 15) is 4.79 Å². The third kappa shape index (κ3) is 3.92. The number of aryl methyl sites for hydroxylation is 3. The lowest BCUT2D eigenvalue weighted by Gasteiger charge is -2.22. The number of amides is 1. The smallest absolute Gasteiger partial charge is 0.261 e. The molecule has 1 N–H and O–H groups in total. The first-order valence-corrected chi connectivity index (χ1v) is 9.64. The molecule has 2 aromatic carbocycles. The second-order valence-electron chi connectivity index (χ2n) is 7.32. The Labute approximate surface area is 156 Å². The molecule has 0 saturated heterocycles. The molecule has 0 radical (unpaired) electrons. The molecule has 1 amide bonds. The number of rotatable bonds is 6. The van der Waals surface area contributed by atoms with Gasteiger partial charge in [-0.15, -0.1) is 0 Å². The van der Waals surface area contributed by atoms with Crippen LogP contribution >= 0.6 is 0 Å². The fourth-order valence-corrected chi connectivity index (χ4v) is 3.58. The maximum absolute atomic E-state index is 12.8. The lowest BCUT2D eigenvalue weighted by Crippen LogP contribution is -2.39. The van der Waals surface area contributed by atoms with E-state index in [2.05, 4.69) is 36.5 Å². The first kappa shape index (κ1) is 18.5. The molecular formula is C23H29NO2. The van der Waals surface area contributed by atoms with Crippen LogP contribution in [-0.4, -0.2) is 12.0 Å². The van der Waals surface area contributed by atoms with Gasteiger partial charge in [-0.1, -0.05) is 37.3 Å². The van der Waals surface area contributed by atoms with Crippen LogP contribution < -0.4 is 10.1 Å². The van der Waals surface area contributed by atoms with E-state index >= 15 is 0 Å². The number of hydrogen-bond acceptors (Lipinski definition) is 2. The highest BCUT2D eigenvalue weighted by molar-refractivity contribution is 5.81. The van der Waals surface area contributed by atoms with E-state index in [1.807, 2.05) is 32.9 Å². The summed E-state index contributed by atoms with van der Waals surface area (Å²) in [6, 6.07) is 12.5. The Hall–Kier alpha value is -2.29. The van der Waals surface area contributed by atoms with Crippen molar-refractivity contribution in [2.24, 2.45) is 0 Å². The molecule has 0 bridgehead atoms. The Balaban J connectivity index is 1.68. The second-order valence-corrected chi connectivity index (χ2v) is 7.32. The van der Waals surface area contributed by atoms with Crippen molar-refractivity contribution < 1.29 is 9.53 Å². The summed E-state index contributed by atoms with van der Waals surface area (Å²) in [5.74, 6) is 0.735. The van der Waals surface area contributed by atoms with Gasteiger partial charge in [0.05, 0.1) is 6.04 Å². The second kappa shape index (κ2) is 7.94. The Morgan fingerprint density at radius 1 is 1.15 bits per heavy atom. The van der Waals surface area contributed by atoms with Gasteiger partial charge >= 0.3 is 0 Å². The van der Waals surface area contributed by atoms with Crippen molar-refractivity contribution in [2.45, 2.75) is 65.5 Å². The van der Waals surface area contributed by atoms with Crippen LogP contribution in [0.2, 0.25) is 0 Å². The van der Waals surface area contributed by atoms with E-state index in [0.29, 0.717) is 6.42 Å². The van der Waals surface area contributed by atoms with Crippen LogP contribution in [-0.2, 0) is 17.6 Å². The highest BCUT2D eigenvalue weighted by Gasteiger charge is 2.22. The highest BCUT2D eigenvalue weighted by atomic mass is 16.5. The lowest BCUT2D eigenvalue weighted by atomic mass is 10.0. The number of benzene rings is 2. The monoisotopic (exact) mass is 351 g/mol. The van der Waals surface area contributed by atoms with Gasteiger partial charge in [0.25, 0.3) is 5.91 Å². The maximum Gasteiger partial charge on any atom is 0.261 e. The van der Waals surface area contributed by atoms with Crippen LogP contribution in [0.3, 0.4) is 0 Å². The molecule has 2 aromatic rings. The molecule has 138 valence electrons. The zero-order valence-corrected chi connectivity index (χ0v) is 16.3. The summed E-state index contributed by atoms with van der Waals surface area (Å²) in [5.41, 5.74) is 6.31. The van der Waals surface area contributed by atoms with Crippen molar-refractivity contribution in [3.05, 3.63) is 64.2 Å². The Morgan fingerprint density at radius 3 is 2.69 bits per heavy atom. The molecule has 26 heavy (non-hydrogen) atoms. The predicted octanol–water partition coefficient (Wildman–Crippen LogP) is 4.83. The van der Waals surface area contributed by atoms with Crippen molar-refractivity contribution in [1.82, 2.24) is 5.32 Å². The molecular weight excluding hydrogens is 322 g/mol. The van der Waals surface area contributed by atoms with Crippen LogP contribution in [0.25, 0.3) is 0 Å². The fourth-order valence-electron chi connectivity index (χ4n) is 3.58. The largest absolute Gasteiger partial charge is 0.480 e. The summed E-state index contributed by atoms with van der Waals surface area (Å²) < 4.78 is 6.04. The molecule has 0 spiro atoms. The normalized spacial score (nSPS) is 15.2. The average Bonchev–Trinajstić information content (AvgIpc) is 3.10. The third-order valence-corrected chi connectivity index (χ3v) is 5.47. The SMILES string of the molecule is CCC(Oc1cccc(C)c1C)C(=O)NC(C)c1ccc2c(c1)CCC2. The molecule has 2 unspecified atom stereocenters. The maximum atomic E-state index is 12.8. The number of ether oxygens (including phenoxy) is 1. The summed E-state index contributed by atoms with van der Waals surface area (Å²) in [4.78, 5) is 12.8.